The summed E-state index contributed by atoms with van der Waals surface area (Å²) < 4.78 is 9.84. The summed E-state index contributed by atoms with van der Waals surface area (Å²) in [5, 5.41) is 3.38. The molecule has 1 amide bonds. The fourth-order valence-electron chi connectivity index (χ4n) is 1.75. The van der Waals surface area contributed by atoms with Crippen LogP contribution >= 0.6 is 23.2 Å². The predicted molar refractivity (Wildman–Crippen MR) is 85.3 cm³/mol. The van der Waals surface area contributed by atoms with Gasteiger partial charge in [0.15, 0.2) is 0 Å². The number of hydrogen-bond donors (Lipinski definition) is 1. The van der Waals surface area contributed by atoms with Gasteiger partial charge in [-0.3, -0.25) is 0 Å². The van der Waals surface area contributed by atoms with Crippen LogP contribution in [-0.4, -0.2) is 30.8 Å². The Balaban J connectivity index is 2.85. The van der Waals surface area contributed by atoms with Crippen LogP contribution in [0.15, 0.2) is 18.2 Å². The van der Waals surface area contributed by atoms with Crippen molar-refractivity contribution in [1.29, 1.82) is 0 Å². The van der Waals surface area contributed by atoms with Gasteiger partial charge in [0.1, 0.15) is 11.6 Å². The molecule has 0 aromatic heterocycles. The van der Waals surface area contributed by atoms with Crippen LogP contribution in [0.1, 0.15) is 26.3 Å². The first-order chi connectivity index (χ1) is 10.1. The second-order valence-corrected chi connectivity index (χ2v) is 6.58. The zero-order valence-electron chi connectivity index (χ0n) is 12.9. The van der Waals surface area contributed by atoms with Gasteiger partial charge in [0.05, 0.1) is 7.11 Å². The van der Waals surface area contributed by atoms with Gasteiger partial charge in [-0.15, -0.1) is 0 Å². The molecule has 1 rings (SSSR count). The van der Waals surface area contributed by atoms with E-state index in [2.05, 4.69) is 5.32 Å². The number of amides is 1. The molecule has 5 nitrogen and oxygen atoms in total. The summed E-state index contributed by atoms with van der Waals surface area (Å²) in [4.78, 5) is 23.6. The molecule has 7 heteroatoms. The molecule has 0 heterocycles. The highest BCUT2D eigenvalue weighted by molar-refractivity contribution is 6.34. The molecule has 0 aliphatic heterocycles. The van der Waals surface area contributed by atoms with Crippen molar-refractivity contribution >= 4 is 35.3 Å². The third kappa shape index (κ3) is 6.54. The Morgan fingerprint density at radius 3 is 2.18 bits per heavy atom. The highest BCUT2D eigenvalue weighted by Gasteiger charge is 2.25. The summed E-state index contributed by atoms with van der Waals surface area (Å²) in [5.41, 5.74) is 0.0355. The fourth-order valence-corrected chi connectivity index (χ4v) is 2.32. The van der Waals surface area contributed by atoms with Gasteiger partial charge in [-0.05, 0) is 44.5 Å². The normalized spacial score (nSPS) is 12.5. The van der Waals surface area contributed by atoms with E-state index in [-0.39, 0.29) is 6.42 Å². The number of esters is 1. The highest BCUT2D eigenvalue weighted by atomic mass is 35.5. The summed E-state index contributed by atoms with van der Waals surface area (Å²) in [7, 11) is 1.25. The SMILES string of the molecule is COC(=O)C(Cc1cc(Cl)cc(Cl)c1)NC(=O)OC(C)(C)C. The fraction of sp³-hybridized carbons (Fsp3) is 0.467. The maximum Gasteiger partial charge on any atom is 0.408 e. The average Bonchev–Trinajstić information content (AvgIpc) is 2.33. The van der Waals surface area contributed by atoms with E-state index in [1.807, 2.05) is 0 Å². The van der Waals surface area contributed by atoms with Crippen molar-refractivity contribution in [2.75, 3.05) is 7.11 Å². The van der Waals surface area contributed by atoms with Gasteiger partial charge in [0.25, 0.3) is 0 Å². The van der Waals surface area contributed by atoms with E-state index >= 15 is 0 Å². The molecule has 122 valence electrons. The van der Waals surface area contributed by atoms with Gasteiger partial charge >= 0.3 is 12.1 Å². The largest absolute Gasteiger partial charge is 0.467 e. The van der Waals surface area contributed by atoms with Crippen molar-refractivity contribution in [3.05, 3.63) is 33.8 Å². The average molecular weight is 348 g/mol. The van der Waals surface area contributed by atoms with Gasteiger partial charge in [-0.25, -0.2) is 9.59 Å². The minimum atomic E-state index is -0.894. The van der Waals surface area contributed by atoms with Crippen molar-refractivity contribution in [2.45, 2.75) is 38.8 Å². The van der Waals surface area contributed by atoms with E-state index in [0.717, 1.165) is 0 Å². The molecule has 0 bridgehead atoms. The number of rotatable bonds is 4. The van der Waals surface area contributed by atoms with Crippen molar-refractivity contribution in [3.63, 3.8) is 0 Å². The van der Waals surface area contributed by atoms with Crippen LogP contribution in [0.3, 0.4) is 0 Å². The van der Waals surface area contributed by atoms with Gasteiger partial charge in [0.2, 0.25) is 0 Å². The van der Waals surface area contributed by atoms with Crippen LogP contribution in [0, 0.1) is 0 Å². The van der Waals surface area contributed by atoms with Crippen molar-refractivity contribution in [3.8, 4) is 0 Å². The molecule has 1 aromatic rings. The first-order valence-corrected chi connectivity index (χ1v) is 7.38. The van der Waals surface area contributed by atoms with Crippen LogP contribution in [0.2, 0.25) is 10.0 Å². The molecule has 1 atom stereocenters. The Kier molecular flexibility index (Phi) is 6.50. The van der Waals surface area contributed by atoms with Crippen LogP contribution < -0.4 is 5.32 Å². The Morgan fingerprint density at radius 1 is 1.18 bits per heavy atom. The van der Waals surface area contributed by atoms with Gasteiger partial charge < -0.3 is 14.8 Å². The smallest absolute Gasteiger partial charge is 0.408 e. The second-order valence-electron chi connectivity index (χ2n) is 5.70. The number of ether oxygens (including phenoxy) is 2. The van der Waals surface area contributed by atoms with Gasteiger partial charge in [0, 0.05) is 16.5 Å². The number of methoxy groups -OCH3 is 1. The van der Waals surface area contributed by atoms with Gasteiger partial charge in [-0.2, -0.15) is 0 Å². The lowest BCUT2D eigenvalue weighted by Crippen LogP contribution is -2.45. The van der Waals surface area contributed by atoms with Crippen molar-refractivity contribution in [2.24, 2.45) is 0 Å². The number of nitrogens with one attached hydrogen (secondary N) is 1. The molecule has 0 spiro atoms. The molecule has 0 aliphatic rings. The predicted octanol–water partition coefficient (Wildman–Crippen LogP) is 3.60. The minimum Gasteiger partial charge on any atom is -0.467 e. The number of carbonyl (C=O) groups is 2. The summed E-state index contributed by atoms with van der Waals surface area (Å²) >= 11 is 11.9. The standard InChI is InChI=1S/C15H19Cl2NO4/c1-15(2,3)22-14(20)18-12(13(19)21-4)7-9-5-10(16)8-11(17)6-9/h5-6,8,12H,7H2,1-4H3,(H,18,20). The summed E-state index contributed by atoms with van der Waals surface area (Å²) in [6, 6.07) is 4.02. The van der Waals surface area contributed by atoms with E-state index in [1.54, 1.807) is 39.0 Å². The monoisotopic (exact) mass is 347 g/mol. The molecule has 0 saturated heterocycles. The lowest BCUT2D eigenvalue weighted by molar-refractivity contribution is -0.143. The van der Waals surface area contributed by atoms with Gasteiger partial charge in [-0.1, -0.05) is 23.2 Å². The molecule has 0 aliphatic carbocycles. The van der Waals surface area contributed by atoms with Crippen molar-refractivity contribution < 1.29 is 19.1 Å². The number of alkyl carbamates (subject to hydrolysis) is 1. The lowest BCUT2D eigenvalue weighted by atomic mass is 10.1. The summed E-state index contributed by atoms with van der Waals surface area (Å²) in [6.45, 7) is 5.20. The molecular formula is C15H19Cl2NO4. The van der Waals surface area contributed by atoms with E-state index in [4.69, 9.17) is 32.7 Å². The first kappa shape index (κ1) is 18.6. The third-order valence-corrected chi connectivity index (χ3v) is 2.98. The Bertz CT molecular complexity index is 535. The maximum absolute atomic E-state index is 11.8. The summed E-state index contributed by atoms with van der Waals surface area (Å²) in [5.74, 6) is -0.582. The Hall–Kier alpha value is -1.46. The van der Waals surface area contributed by atoms with Crippen molar-refractivity contribution in [1.82, 2.24) is 5.32 Å². The number of carbonyl (C=O) groups excluding carboxylic acids is 2. The summed E-state index contributed by atoms with van der Waals surface area (Å²) in [6.07, 6.45) is -0.511. The topological polar surface area (TPSA) is 64.6 Å². The van der Waals surface area contributed by atoms with Crippen LogP contribution in [0.25, 0.3) is 0 Å². The Morgan fingerprint density at radius 2 is 1.73 bits per heavy atom. The van der Waals surface area contributed by atoms with Crippen LogP contribution in [0.4, 0.5) is 4.79 Å². The minimum absolute atomic E-state index is 0.187. The first-order valence-electron chi connectivity index (χ1n) is 6.63. The van der Waals surface area contributed by atoms with Crippen LogP contribution in [0.5, 0.6) is 0 Å². The van der Waals surface area contributed by atoms with E-state index in [1.165, 1.54) is 7.11 Å². The quantitative estimate of drug-likeness (QED) is 0.845. The maximum atomic E-state index is 11.8. The number of halogens is 2. The van der Waals surface area contributed by atoms with Crippen LogP contribution in [-0.2, 0) is 20.7 Å². The molecular weight excluding hydrogens is 329 g/mol. The highest BCUT2D eigenvalue weighted by Crippen LogP contribution is 2.20. The molecule has 1 unspecified atom stereocenters. The molecule has 0 radical (unpaired) electrons. The molecule has 1 aromatic carbocycles. The zero-order valence-corrected chi connectivity index (χ0v) is 14.4. The second kappa shape index (κ2) is 7.70. The number of hydrogen-bond acceptors (Lipinski definition) is 4. The Labute approximate surface area is 139 Å². The van der Waals surface area contributed by atoms with E-state index in [0.29, 0.717) is 15.6 Å². The van der Waals surface area contributed by atoms with E-state index in [9.17, 15) is 9.59 Å². The molecule has 0 fully saturated rings. The number of benzene rings is 1. The zero-order chi connectivity index (χ0) is 16.9. The third-order valence-electron chi connectivity index (χ3n) is 2.54. The lowest BCUT2D eigenvalue weighted by Gasteiger charge is -2.22. The molecule has 0 saturated carbocycles. The van der Waals surface area contributed by atoms with E-state index < -0.39 is 23.7 Å². The molecule has 1 N–H and O–H groups in total. The molecule has 22 heavy (non-hydrogen) atoms.